The van der Waals surface area contributed by atoms with Crippen LogP contribution in [0.1, 0.15) is 36.7 Å². The van der Waals surface area contributed by atoms with Gasteiger partial charge in [-0.05, 0) is 49.6 Å². The quantitative estimate of drug-likeness (QED) is 0.569. The van der Waals surface area contributed by atoms with Gasteiger partial charge in [0.2, 0.25) is 0 Å². The first-order chi connectivity index (χ1) is 14.8. The minimum atomic E-state index is -0.555. The molecule has 0 aliphatic rings. The van der Waals surface area contributed by atoms with Crippen molar-refractivity contribution in [1.29, 1.82) is 0 Å². The molecule has 1 aromatic heterocycles. The summed E-state index contributed by atoms with van der Waals surface area (Å²) in [4.78, 5) is 24.4. The van der Waals surface area contributed by atoms with Crippen molar-refractivity contribution >= 4 is 12.0 Å². The molecule has 7 nitrogen and oxygen atoms in total. The molecular formula is C24H28N4O3. The number of rotatable bonds is 7. The van der Waals surface area contributed by atoms with Crippen LogP contribution in [0.4, 0.5) is 4.79 Å². The second-order valence-electron chi connectivity index (χ2n) is 8.13. The summed E-state index contributed by atoms with van der Waals surface area (Å²) in [5.41, 5.74) is 2.97. The highest BCUT2D eigenvalue weighted by atomic mass is 16.6. The number of carbonyl (C=O) groups is 2. The first kappa shape index (κ1) is 22.1. The molecule has 0 unspecified atom stereocenters. The van der Waals surface area contributed by atoms with Crippen molar-refractivity contribution in [2.24, 2.45) is 0 Å². The van der Waals surface area contributed by atoms with E-state index in [1.165, 1.54) is 0 Å². The number of hydrogen-bond donors (Lipinski definition) is 2. The Morgan fingerprint density at radius 3 is 2.35 bits per heavy atom. The highest BCUT2D eigenvalue weighted by Gasteiger charge is 2.16. The highest BCUT2D eigenvalue weighted by molar-refractivity contribution is 6.00. The van der Waals surface area contributed by atoms with E-state index in [-0.39, 0.29) is 12.5 Å². The molecule has 0 bridgehead atoms. The van der Waals surface area contributed by atoms with Crippen molar-refractivity contribution < 1.29 is 14.3 Å². The Morgan fingerprint density at radius 1 is 0.968 bits per heavy atom. The molecule has 3 aromatic rings. The predicted octanol–water partition coefficient (Wildman–Crippen LogP) is 3.85. The van der Waals surface area contributed by atoms with E-state index in [1.807, 2.05) is 59.4 Å². The fraction of sp³-hybridized carbons (Fsp3) is 0.292. The molecule has 0 atom stereocenters. The number of aromatic nitrogens is 2. The van der Waals surface area contributed by atoms with E-state index in [0.29, 0.717) is 18.7 Å². The molecule has 0 saturated carbocycles. The summed E-state index contributed by atoms with van der Waals surface area (Å²) >= 11 is 0. The third-order valence-electron chi connectivity index (χ3n) is 4.42. The van der Waals surface area contributed by atoms with Crippen LogP contribution in [0, 0.1) is 0 Å². The maximum absolute atomic E-state index is 12.7. The summed E-state index contributed by atoms with van der Waals surface area (Å²) in [5.74, 6) is -0.192. The molecule has 162 valence electrons. The van der Waals surface area contributed by atoms with Gasteiger partial charge in [0.05, 0.1) is 6.54 Å². The number of alkyl carbamates (subject to hydrolysis) is 1. The zero-order valence-electron chi connectivity index (χ0n) is 18.1. The van der Waals surface area contributed by atoms with E-state index in [9.17, 15) is 9.59 Å². The number of amides is 2. The molecule has 2 amide bonds. The molecule has 0 aliphatic carbocycles. The number of ether oxygens (including phenoxy) is 1. The van der Waals surface area contributed by atoms with Gasteiger partial charge in [-0.3, -0.25) is 9.48 Å². The molecule has 7 heteroatoms. The van der Waals surface area contributed by atoms with E-state index in [1.54, 1.807) is 33.0 Å². The van der Waals surface area contributed by atoms with Crippen molar-refractivity contribution in [3.63, 3.8) is 0 Å². The standard InChI is InChI=1S/C24H28N4O3/c1-24(2,3)31-23(30)26-15-14-25-22(29)21-8-5-4-7-20(21)19-11-9-18(10-12-19)17-28-16-6-13-27-28/h4-13,16H,14-15,17H2,1-3H3,(H,25,29)(H,26,30). The maximum Gasteiger partial charge on any atom is 0.407 e. The van der Waals surface area contributed by atoms with Crippen LogP contribution >= 0.6 is 0 Å². The van der Waals surface area contributed by atoms with E-state index in [4.69, 9.17) is 4.74 Å². The Morgan fingerprint density at radius 2 is 1.68 bits per heavy atom. The Bertz CT molecular complexity index is 1010. The summed E-state index contributed by atoms with van der Waals surface area (Å²) in [6, 6.07) is 17.5. The van der Waals surface area contributed by atoms with Crippen LogP contribution in [0.2, 0.25) is 0 Å². The SMILES string of the molecule is CC(C)(C)OC(=O)NCCNC(=O)c1ccccc1-c1ccc(Cn2cccn2)cc1. The van der Waals surface area contributed by atoms with E-state index in [0.717, 1.165) is 16.7 Å². The Balaban J connectivity index is 1.59. The monoisotopic (exact) mass is 420 g/mol. The molecule has 2 N–H and O–H groups in total. The fourth-order valence-corrected chi connectivity index (χ4v) is 3.05. The molecule has 31 heavy (non-hydrogen) atoms. The highest BCUT2D eigenvalue weighted by Crippen LogP contribution is 2.24. The molecule has 2 aromatic carbocycles. The molecule has 0 radical (unpaired) electrons. The normalized spacial score (nSPS) is 11.1. The maximum atomic E-state index is 12.7. The van der Waals surface area contributed by atoms with Crippen LogP contribution < -0.4 is 10.6 Å². The lowest BCUT2D eigenvalue weighted by atomic mass is 9.98. The lowest BCUT2D eigenvalue weighted by Gasteiger charge is -2.19. The van der Waals surface area contributed by atoms with Gasteiger partial charge in [0.25, 0.3) is 5.91 Å². The molecule has 0 fully saturated rings. The van der Waals surface area contributed by atoms with Gasteiger partial charge in [0.1, 0.15) is 5.60 Å². The van der Waals surface area contributed by atoms with Gasteiger partial charge in [0, 0.05) is 31.0 Å². The largest absolute Gasteiger partial charge is 0.444 e. The summed E-state index contributed by atoms with van der Waals surface area (Å²) in [7, 11) is 0. The number of benzene rings is 2. The van der Waals surface area contributed by atoms with Gasteiger partial charge in [0.15, 0.2) is 0 Å². The minimum absolute atomic E-state index is 0.192. The van der Waals surface area contributed by atoms with E-state index in [2.05, 4.69) is 15.7 Å². The minimum Gasteiger partial charge on any atom is -0.444 e. The molecule has 1 heterocycles. The average molecular weight is 421 g/mol. The summed E-state index contributed by atoms with van der Waals surface area (Å²) < 4.78 is 7.04. The number of nitrogens with one attached hydrogen (secondary N) is 2. The van der Waals surface area contributed by atoms with E-state index >= 15 is 0 Å². The van der Waals surface area contributed by atoms with Gasteiger partial charge < -0.3 is 15.4 Å². The van der Waals surface area contributed by atoms with Gasteiger partial charge in [-0.2, -0.15) is 5.10 Å². The van der Waals surface area contributed by atoms with Gasteiger partial charge >= 0.3 is 6.09 Å². The van der Waals surface area contributed by atoms with Gasteiger partial charge in [-0.1, -0.05) is 42.5 Å². The lowest BCUT2D eigenvalue weighted by Crippen LogP contribution is -2.37. The van der Waals surface area contributed by atoms with Crippen molar-refractivity contribution in [2.45, 2.75) is 32.9 Å². The molecule has 0 spiro atoms. The molecule has 3 rings (SSSR count). The van der Waals surface area contributed by atoms with Crippen molar-refractivity contribution in [3.8, 4) is 11.1 Å². The number of hydrogen-bond acceptors (Lipinski definition) is 4. The second-order valence-corrected chi connectivity index (χ2v) is 8.13. The lowest BCUT2D eigenvalue weighted by molar-refractivity contribution is 0.0526. The van der Waals surface area contributed by atoms with Crippen molar-refractivity contribution in [2.75, 3.05) is 13.1 Å². The van der Waals surface area contributed by atoms with Crippen LogP contribution in [-0.2, 0) is 11.3 Å². The first-order valence-electron chi connectivity index (χ1n) is 10.2. The van der Waals surface area contributed by atoms with Gasteiger partial charge in [-0.15, -0.1) is 0 Å². The Hall–Kier alpha value is -3.61. The first-order valence-corrected chi connectivity index (χ1v) is 10.2. The van der Waals surface area contributed by atoms with Crippen molar-refractivity contribution in [3.05, 3.63) is 78.1 Å². The summed E-state index contributed by atoms with van der Waals surface area (Å²) in [6.45, 7) is 6.68. The van der Waals surface area contributed by atoms with E-state index < -0.39 is 11.7 Å². The topological polar surface area (TPSA) is 85.3 Å². The van der Waals surface area contributed by atoms with Crippen LogP contribution in [0.25, 0.3) is 11.1 Å². The zero-order chi connectivity index (χ0) is 22.3. The summed E-state index contributed by atoms with van der Waals surface area (Å²) in [6.07, 6.45) is 3.18. The summed E-state index contributed by atoms with van der Waals surface area (Å²) in [5, 5.41) is 9.70. The van der Waals surface area contributed by atoms with Crippen LogP contribution in [0.5, 0.6) is 0 Å². The number of nitrogens with zero attached hydrogens (tertiary/aromatic N) is 2. The molecule has 0 saturated heterocycles. The Labute approximate surface area is 182 Å². The molecular weight excluding hydrogens is 392 g/mol. The molecule has 0 aliphatic heterocycles. The third-order valence-corrected chi connectivity index (χ3v) is 4.42. The van der Waals surface area contributed by atoms with Crippen molar-refractivity contribution in [1.82, 2.24) is 20.4 Å². The van der Waals surface area contributed by atoms with Crippen LogP contribution in [0.3, 0.4) is 0 Å². The van der Waals surface area contributed by atoms with Crippen LogP contribution in [-0.4, -0.2) is 40.5 Å². The average Bonchev–Trinajstić information content (AvgIpc) is 3.23. The predicted molar refractivity (Wildman–Crippen MR) is 120 cm³/mol. The fourth-order valence-electron chi connectivity index (χ4n) is 3.05. The van der Waals surface area contributed by atoms with Gasteiger partial charge in [-0.25, -0.2) is 4.79 Å². The third kappa shape index (κ3) is 6.70. The Kier molecular flexibility index (Phi) is 7.07. The smallest absolute Gasteiger partial charge is 0.407 e. The number of carbonyl (C=O) groups excluding carboxylic acids is 2. The zero-order valence-corrected chi connectivity index (χ0v) is 18.1. The van der Waals surface area contributed by atoms with Crippen LogP contribution in [0.15, 0.2) is 67.0 Å². The second kappa shape index (κ2) is 9.93.